The number of benzene rings is 3. The molecule has 2 aromatic heterocycles. The summed E-state index contributed by atoms with van der Waals surface area (Å²) in [5.74, 6) is -0.294. The highest BCUT2D eigenvalue weighted by Crippen LogP contribution is 2.34. The number of rotatable bonds is 2. The first-order valence-electron chi connectivity index (χ1n) is 9.96. The molecule has 30 heavy (non-hydrogen) atoms. The number of furan rings is 1. The Labute approximate surface area is 174 Å². The molecule has 3 aromatic carbocycles. The van der Waals surface area contributed by atoms with Crippen molar-refractivity contribution in [3.8, 4) is 22.5 Å². The molecule has 0 unspecified atom stereocenters. The first-order chi connectivity index (χ1) is 14.4. The number of aryl methyl sites for hydroxylation is 4. The lowest BCUT2D eigenvalue weighted by Gasteiger charge is -2.08. The summed E-state index contributed by atoms with van der Waals surface area (Å²) in [6.45, 7) is 6.27. The zero-order valence-electron chi connectivity index (χ0n) is 17.5. The lowest BCUT2D eigenvalue weighted by Crippen LogP contribution is -2.31. The number of nitrogens with zero attached hydrogens (tertiary/aromatic N) is 2. The maximum atomic E-state index is 13.6. The van der Waals surface area contributed by atoms with Crippen LogP contribution in [-0.4, -0.2) is 4.98 Å². The Bertz CT molecular complexity index is 1430. The van der Waals surface area contributed by atoms with Crippen molar-refractivity contribution in [3.05, 3.63) is 83.4 Å². The number of hydrogen-bond donors (Lipinski definition) is 0. The summed E-state index contributed by atoms with van der Waals surface area (Å²) in [6.07, 6.45) is 1.86. The smallest absolute Gasteiger partial charge is 0.287 e. The Hall–Kier alpha value is -3.53. The van der Waals surface area contributed by atoms with E-state index in [1.807, 2.05) is 24.0 Å². The van der Waals surface area contributed by atoms with Crippen LogP contribution in [-0.2, 0) is 7.05 Å². The zero-order chi connectivity index (χ0) is 21.0. The molecule has 0 aliphatic heterocycles. The van der Waals surface area contributed by atoms with Gasteiger partial charge in [-0.1, -0.05) is 17.2 Å². The highest BCUT2D eigenvalue weighted by atomic mass is 19.1. The van der Waals surface area contributed by atoms with Gasteiger partial charge in [0.1, 0.15) is 22.7 Å². The average Bonchev–Trinajstić information content (AvgIpc) is 3.03. The van der Waals surface area contributed by atoms with E-state index in [1.54, 1.807) is 6.07 Å². The Morgan fingerprint density at radius 3 is 2.33 bits per heavy atom. The molecule has 0 N–H and O–H groups in total. The van der Waals surface area contributed by atoms with Gasteiger partial charge in [-0.25, -0.2) is 8.96 Å². The third kappa shape index (κ3) is 3.05. The fourth-order valence-electron chi connectivity index (χ4n) is 4.20. The Morgan fingerprint density at radius 2 is 1.57 bits per heavy atom. The van der Waals surface area contributed by atoms with Gasteiger partial charge in [0.2, 0.25) is 0 Å². The molecule has 0 amide bonds. The van der Waals surface area contributed by atoms with E-state index in [0.29, 0.717) is 5.58 Å². The maximum absolute atomic E-state index is 13.6. The van der Waals surface area contributed by atoms with Crippen molar-refractivity contribution in [3.63, 3.8) is 0 Å². The predicted octanol–water partition coefficient (Wildman–Crippen LogP) is 6.20. The minimum atomic E-state index is -0.294. The van der Waals surface area contributed by atoms with Crippen LogP contribution in [0.1, 0.15) is 16.7 Å². The molecule has 0 bridgehead atoms. The predicted molar refractivity (Wildman–Crippen MR) is 118 cm³/mol. The van der Waals surface area contributed by atoms with Crippen LogP contribution in [0.25, 0.3) is 44.5 Å². The van der Waals surface area contributed by atoms with Crippen molar-refractivity contribution in [2.45, 2.75) is 20.8 Å². The van der Waals surface area contributed by atoms with Crippen LogP contribution < -0.4 is 4.57 Å². The SMILES string of the molecule is Cc1cc(C)cc(-c2cc(-c3cc4c(cc3C)oc3cc(F)ccc34)[n+](C)cn2)c1. The number of fused-ring (bicyclic) bond motifs is 3. The largest absolute Gasteiger partial charge is 0.456 e. The standard InChI is InChI=1S/C26H22FN2O/c1-15-7-16(2)9-18(8-15)23-13-24(29(4)14-28-23)21-12-22-20-6-5-19(27)11-26(20)30-25(22)10-17(21)3/h5-14H,1-4H3/q+1. The van der Waals surface area contributed by atoms with Crippen LogP contribution in [0.3, 0.4) is 0 Å². The molecule has 148 valence electrons. The van der Waals surface area contributed by atoms with Gasteiger partial charge in [0, 0.05) is 34.0 Å². The van der Waals surface area contributed by atoms with E-state index in [0.717, 1.165) is 44.4 Å². The van der Waals surface area contributed by atoms with Crippen molar-refractivity contribution in [1.29, 1.82) is 0 Å². The van der Waals surface area contributed by atoms with Crippen molar-refractivity contribution in [1.82, 2.24) is 4.98 Å². The van der Waals surface area contributed by atoms with Gasteiger partial charge in [0.05, 0.1) is 7.05 Å². The minimum Gasteiger partial charge on any atom is -0.456 e. The van der Waals surface area contributed by atoms with Crippen molar-refractivity contribution < 1.29 is 13.4 Å². The van der Waals surface area contributed by atoms with Gasteiger partial charge >= 0.3 is 0 Å². The molecule has 0 fully saturated rings. The van der Waals surface area contributed by atoms with Gasteiger partial charge in [0.15, 0.2) is 5.69 Å². The van der Waals surface area contributed by atoms with Crippen LogP contribution in [0.5, 0.6) is 0 Å². The Morgan fingerprint density at radius 1 is 0.833 bits per heavy atom. The van der Waals surface area contributed by atoms with E-state index in [2.05, 4.69) is 56.1 Å². The van der Waals surface area contributed by atoms with E-state index >= 15 is 0 Å². The number of aromatic nitrogens is 2. The first-order valence-corrected chi connectivity index (χ1v) is 9.96. The molecular weight excluding hydrogens is 375 g/mol. The molecule has 0 aliphatic rings. The lowest BCUT2D eigenvalue weighted by atomic mass is 9.99. The molecule has 0 saturated carbocycles. The molecule has 0 radical (unpaired) electrons. The summed E-state index contributed by atoms with van der Waals surface area (Å²) in [4.78, 5) is 4.66. The third-order valence-electron chi connectivity index (χ3n) is 5.60. The van der Waals surface area contributed by atoms with Crippen LogP contribution in [0, 0.1) is 26.6 Å². The van der Waals surface area contributed by atoms with Gasteiger partial charge in [-0.15, -0.1) is 0 Å². The molecule has 0 atom stereocenters. The van der Waals surface area contributed by atoms with Crippen LogP contribution >= 0.6 is 0 Å². The normalized spacial score (nSPS) is 11.5. The summed E-state index contributed by atoms with van der Waals surface area (Å²) in [7, 11) is 2.00. The lowest BCUT2D eigenvalue weighted by molar-refractivity contribution is -0.663. The zero-order valence-corrected chi connectivity index (χ0v) is 17.5. The second-order valence-corrected chi connectivity index (χ2v) is 8.05. The van der Waals surface area contributed by atoms with Crippen molar-refractivity contribution >= 4 is 21.9 Å². The summed E-state index contributed by atoms with van der Waals surface area (Å²) >= 11 is 0. The van der Waals surface area contributed by atoms with E-state index in [1.165, 1.54) is 23.3 Å². The summed E-state index contributed by atoms with van der Waals surface area (Å²) < 4.78 is 21.6. The van der Waals surface area contributed by atoms with Crippen LogP contribution in [0.2, 0.25) is 0 Å². The molecule has 5 rings (SSSR count). The molecule has 3 nitrogen and oxygen atoms in total. The average molecular weight is 397 g/mol. The topological polar surface area (TPSA) is 29.9 Å². The van der Waals surface area contributed by atoms with E-state index in [-0.39, 0.29) is 5.82 Å². The minimum absolute atomic E-state index is 0.294. The molecule has 0 spiro atoms. The monoisotopic (exact) mass is 397 g/mol. The van der Waals surface area contributed by atoms with E-state index in [4.69, 9.17) is 4.42 Å². The quantitative estimate of drug-likeness (QED) is 0.332. The van der Waals surface area contributed by atoms with Gasteiger partial charge in [0.25, 0.3) is 6.33 Å². The number of halogens is 1. The third-order valence-corrected chi connectivity index (χ3v) is 5.60. The molecule has 4 heteroatoms. The highest BCUT2D eigenvalue weighted by Gasteiger charge is 2.18. The Balaban J connectivity index is 1.73. The van der Waals surface area contributed by atoms with Crippen LogP contribution in [0.15, 0.2) is 65.3 Å². The number of hydrogen-bond acceptors (Lipinski definition) is 2. The Kier molecular flexibility index (Phi) is 4.17. The second-order valence-electron chi connectivity index (χ2n) is 8.05. The fraction of sp³-hybridized carbons (Fsp3) is 0.154. The van der Waals surface area contributed by atoms with Crippen molar-refractivity contribution in [2.75, 3.05) is 0 Å². The summed E-state index contributed by atoms with van der Waals surface area (Å²) in [6, 6.07) is 17.5. The summed E-state index contributed by atoms with van der Waals surface area (Å²) in [5, 5.41) is 1.90. The van der Waals surface area contributed by atoms with Crippen LogP contribution in [0.4, 0.5) is 4.39 Å². The first kappa shape index (κ1) is 18.5. The molecular formula is C26H22FN2O+. The molecule has 0 aliphatic carbocycles. The van der Waals surface area contributed by atoms with Gasteiger partial charge < -0.3 is 4.42 Å². The summed E-state index contributed by atoms with van der Waals surface area (Å²) in [5.41, 5.74) is 9.08. The molecule has 5 aromatic rings. The van der Waals surface area contributed by atoms with Gasteiger partial charge in [-0.2, -0.15) is 0 Å². The highest BCUT2D eigenvalue weighted by molar-refractivity contribution is 6.06. The second kappa shape index (κ2) is 6.77. The molecule has 2 heterocycles. The van der Waals surface area contributed by atoms with Gasteiger partial charge in [-0.3, -0.25) is 0 Å². The maximum Gasteiger partial charge on any atom is 0.287 e. The fourth-order valence-corrected chi connectivity index (χ4v) is 4.20. The van der Waals surface area contributed by atoms with Gasteiger partial charge in [-0.05, 0) is 67.7 Å². The van der Waals surface area contributed by atoms with E-state index < -0.39 is 0 Å². The van der Waals surface area contributed by atoms with Crippen molar-refractivity contribution in [2.24, 2.45) is 7.05 Å². The van der Waals surface area contributed by atoms with E-state index in [9.17, 15) is 4.39 Å². The molecule has 0 saturated heterocycles.